The number of nitrogens with two attached hydrogens (primary N) is 1. The standard InChI is InChI=1S/C14H28N2O2/c1-3-7-12-8-4-5-10-16(12)14(17)13(15)9-6-11-18-2/h12-13H,3-11,15H2,1-2H3. The first kappa shape index (κ1) is 15.4. The summed E-state index contributed by atoms with van der Waals surface area (Å²) in [5.41, 5.74) is 6.00. The summed E-state index contributed by atoms with van der Waals surface area (Å²) in [6, 6.07) is 0.0716. The van der Waals surface area contributed by atoms with Crippen LogP contribution in [0.1, 0.15) is 51.9 Å². The molecule has 1 rings (SSSR count). The average Bonchev–Trinajstić information content (AvgIpc) is 2.39. The van der Waals surface area contributed by atoms with Crippen LogP contribution in [0.25, 0.3) is 0 Å². The zero-order valence-corrected chi connectivity index (χ0v) is 11.9. The van der Waals surface area contributed by atoms with Crippen LogP contribution in [-0.2, 0) is 9.53 Å². The largest absolute Gasteiger partial charge is 0.385 e. The highest BCUT2D eigenvalue weighted by molar-refractivity contribution is 5.82. The van der Waals surface area contributed by atoms with Gasteiger partial charge >= 0.3 is 0 Å². The number of nitrogens with zero attached hydrogens (tertiary/aromatic N) is 1. The van der Waals surface area contributed by atoms with E-state index < -0.39 is 0 Å². The van der Waals surface area contributed by atoms with Crippen LogP contribution in [0, 0.1) is 0 Å². The molecule has 2 unspecified atom stereocenters. The fourth-order valence-electron chi connectivity index (χ4n) is 2.71. The molecule has 2 N–H and O–H groups in total. The van der Waals surface area contributed by atoms with Gasteiger partial charge in [0.05, 0.1) is 6.04 Å². The lowest BCUT2D eigenvalue weighted by Crippen LogP contribution is -2.50. The summed E-state index contributed by atoms with van der Waals surface area (Å²) in [7, 11) is 1.68. The summed E-state index contributed by atoms with van der Waals surface area (Å²) >= 11 is 0. The number of likely N-dealkylation sites (tertiary alicyclic amines) is 1. The maximum absolute atomic E-state index is 12.3. The summed E-state index contributed by atoms with van der Waals surface area (Å²) in [4.78, 5) is 14.4. The molecule has 1 amide bonds. The van der Waals surface area contributed by atoms with Crippen LogP contribution in [0.4, 0.5) is 0 Å². The molecule has 0 spiro atoms. The maximum Gasteiger partial charge on any atom is 0.239 e. The predicted molar refractivity (Wildman–Crippen MR) is 73.3 cm³/mol. The van der Waals surface area contributed by atoms with Gasteiger partial charge in [0.2, 0.25) is 5.91 Å². The molecule has 1 aliphatic rings. The van der Waals surface area contributed by atoms with Gasteiger partial charge in [0.15, 0.2) is 0 Å². The van der Waals surface area contributed by atoms with E-state index in [2.05, 4.69) is 6.92 Å². The molecule has 0 aliphatic carbocycles. The quantitative estimate of drug-likeness (QED) is 0.708. The molecule has 18 heavy (non-hydrogen) atoms. The fourth-order valence-corrected chi connectivity index (χ4v) is 2.71. The minimum Gasteiger partial charge on any atom is -0.385 e. The van der Waals surface area contributed by atoms with Gasteiger partial charge in [0.25, 0.3) is 0 Å². The molecule has 0 saturated carbocycles. The van der Waals surface area contributed by atoms with Gasteiger partial charge in [-0.25, -0.2) is 0 Å². The Balaban J connectivity index is 2.45. The third-order valence-electron chi connectivity index (χ3n) is 3.71. The van der Waals surface area contributed by atoms with E-state index in [1.807, 2.05) is 4.90 Å². The van der Waals surface area contributed by atoms with Gasteiger partial charge in [0.1, 0.15) is 0 Å². The molecule has 1 fully saturated rings. The second-order valence-corrected chi connectivity index (χ2v) is 5.21. The Morgan fingerprint density at radius 1 is 1.50 bits per heavy atom. The van der Waals surface area contributed by atoms with Crippen LogP contribution in [-0.4, -0.2) is 43.2 Å². The molecular formula is C14H28N2O2. The summed E-state index contributed by atoms with van der Waals surface area (Å²) in [6.07, 6.45) is 7.33. The van der Waals surface area contributed by atoms with E-state index in [0.717, 1.165) is 45.1 Å². The van der Waals surface area contributed by atoms with Gasteiger partial charge in [-0.05, 0) is 38.5 Å². The number of methoxy groups -OCH3 is 1. The van der Waals surface area contributed by atoms with Crippen molar-refractivity contribution in [2.75, 3.05) is 20.3 Å². The Morgan fingerprint density at radius 3 is 2.94 bits per heavy atom. The molecule has 1 heterocycles. The van der Waals surface area contributed by atoms with Crippen molar-refractivity contribution in [3.05, 3.63) is 0 Å². The zero-order valence-electron chi connectivity index (χ0n) is 11.9. The summed E-state index contributed by atoms with van der Waals surface area (Å²) < 4.78 is 5.00. The summed E-state index contributed by atoms with van der Waals surface area (Å²) in [6.45, 7) is 3.75. The minimum absolute atomic E-state index is 0.143. The molecule has 0 aromatic carbocycles. The van der Waals surface area contributed by atoms with Crippen LogP contribution in [0.2, 0.25) is 0 Å². The van der Waals surface area contributed by atoms with E-state index in [1.54, 1.807) is 7.11 Å². The minimum atomic E-state index is -0.349. The van der Waals surface area contributed by atoms with Crippen LogP contribution >= 0.6 is 0 Å². The highest BCUT2D eigenvalue weighted by Gasteiger charge is 2.28. The average molecular weight is 256 g/mol. The number of ether oxygens (including phenoxy) is 1. The molecular weight excluding hydrogens is 228 g/mol. The monoisotopic (exact) mass is 256 g/mol. The van der Waals surface area contributed by atoms with E-state index in [9.17, 15) is 4.79 Å². The number of carbonyl (C=O) groups is 1. The summed E-state index contributed by atoms with van der Waals surface area (Å²) in [5.74, 6) is 0.143. The topological polar surface area (TPSA) is 55.6 Å². The predicted octanol–water partition coefficient (Wildman–Crippen LogP) is 1.92. The normalized spacial score (nSPS) is 21.9. The lowest BCUT2D eigenvalue weighted by molar-refractivity contribution is -0.136. The number of hydrogen-bond acceptors (Lipinski definition) is 3. The lowest BCUT2D eigenvalue weighted by atomic mass is 9.97. The second-order valence-electron chi connectivity index (χ2n) is 5.21. The molecule has 0 bridgehead atoms. The number of amides is 1. The van der Waals surface area contributed by atoms with Crippen LogP contribution in [0.5, 0.6) is 0 Å². The molecule has 1 aliphatic heterocycles. The van der Waals surface area contributed by atoms with Gasteiger partial charge in [-0.3, -0.25) is 4.79 Å². The lowest BCUT2D eigenvalue weighted by Gasteiger charge is -2.37. The van der Waals surface area contributed by atoms with Crippen LogP contribution < -0.4 is 5.73 Å². The van der Waals surface area contributed by atoms with Gasteiger partial charge in [-0.15, -0.1) is 0 Å². The Morgan fingerprint density at radius 2 is 2.28 bits per heavy atom. The van der Waals surface area contributed by atoms with Gasteiger partial charge in [0, 0.05) is 26.3 Å². The van der Waals surface area contributed by atoms with Crippen molar-refractivity contribution in [1.29, 1.82) is 0 Å². The van der Waals surface area contributed by atoms with Crippen molar-refractivity contribution < 1.29 is 9.53 Å². The molecule has 1 saturated heterocycles. The maximum atomic E-state index is 12.3. The molecule has 0 aromatic heterocycles. The van der Waals surface area contributed by atoms with Crippen molar-refractivity contribution in [3.8, 4) is 0 Å². The third-order valence-corrected chi connectivity index (χ3v) is 3.71. The fraction of sp³-hybridized carbons (Fsp3) is 0.929. The Hall–Kier alpha value is -0.610. The van der Waals surface area contributed by atoms with E-state index in [4.69, 9.17) is 10.5 Å². The third kappa shape index (κ3) is 4.58. The highest BCUT2D eigenvalue weighted by atomic mass is 16.5. The second kappa shape index (κ2) is 8.48. The molecule has 106 valence electrons. The first-order valence-corrected chi connectivity index (χ1v) is 7.25. The van der Waals surface area contributed by atoms with Crippen molar-refractivity contribution in [2.45, 2.75) is 64.0 Å². The van der Waals surface area contributed by atoms with Crippen molar-refractivity contribution in [1.82, 2.24) is 4.90 Å². The van der Waals surface area contributed by atoms with Crippen molar-refractivity contribution in [3.63, 3.8) is 0 Å². The van der Waals surface area contributed by atoms with Crippen molar-refractivity contribution >= 4 is 5.91 Å². The molecule has 4 nitrogen and oxygen atoms in total. The van der Waals surface area contributed by atoms with E-state index in [-0.39, 0.29) is 11.9 Å². The molecule has 4 heteroatoms. The number of rotatable bonds is 7. The van der Waals surface area contributed by atoms with Crippen LogP contribution in [0.15, 0.2) is 0 Å². The van der Waals surface area contributed by atoms with Gasteiger partial charge in [-0.2, -0.15) is 0 Å². The number of carbonyl (C=O) groups excluding carboxylic acids is 1. The van der Waals surface area contributed by atoms with Crippen LogP contribution in [0.3, 0.4) is 0 Å². The Labute approximate surface area is 111 Å². The first-order valence-electron chi connectivity index (χ1n) is 7.25. The van der Waals surface area contributed by atoms with E-state index in [0.29, 0.717) is 12.6 Å². The van der Waals surface area contributed by atoms with E-state index in [1.165, 1.54) is 6.42 Å². The number of hydrogen-bond donors (Lipinski definition) is 1. The van der Waals surface area contributed by atoms with E-state index >= 15 is 0 Å². The zero-order chi connectivity index (χ0) is 13.4. The smallest absolute Gasteiger partial charge is 0.239 e. The van der Waals surface area contributed by atoms with Crippen molar-refractivity contribution in [2.24, 2.45) is 5.73 Å². The molecule has 0 aromatic rings. The Bertz CT molecular complexity index is 244. The van der Waals surface area contributed by atoms with Gasteiger partial charge in [-0.1, -0.05) is 13.3 Å². The SMILES string of the molecule is CCCC1CCCCN1C(=O)C(N)CCCOC. The number of piperidine rings is 1. The highest BCUT2D eigenvalue weighted by Crippen LogP contribution is 2.21. The molecule has 0 radical (unpaired) electrons. The molecule has 2 atom stereocenters. The van der Waals surface area contributed by atoms with Gasteiger partial charge < -0.3 is 15.4 Å². The first-order chi connectivity index (χ1) is 8.70. The Kier molecular flexibility index (Phi) is 7.28. The summed E-state index contributed by atoms with van der Waals surface area (Å²) in [5, 5.41) is 0.